The van der Waals surface area contributed by atoms with E-state index in [1.165, 1.54) is 6.20 Å². The molecule has 1 aromatic rings. The van der Waals surface area contributed by atoms with Crippen molar-refractivity contribution in [3.05, 3.63) is 17.8 Å². The lowest BCUT2D eigenvalue weighted by Gasteiger charge is -2.15. The van der Waals surface area contributed by atoms with E-state index in [0.29, 0.717) is 36.9 Å². The molecule has 0 fully saturated rings. The zero-order valence-corrected chi connectivity index (χ0v) is 11.6. The van der Waals surface area contributed by atoms with Gasteiger partial charge in [-0.2, -0.15) is 0 Å². The Morgan fingerprint density at radius 2 is 2.21 bits per heavy atom. The highest BCUT2D eigenvalue weighted by Crippen LogP contribution is 2.16. The zero-order valence-electron chi connectivity index (χ0n) is 11.6. The van der Waals surface area contributed by atoms with E-state index in [2.05, 4.69) is 10.3 Å². The number of carbonyl (C=O) groups is 1. The third-order valence-corrected chi connectivity index (χ3v) is 2.40. The topological polar surface area (TPSA) is 86.5 Å². The first-order valence-electron chi connectivity index (χ1n) is 6.35. The second-order valence-electron chi connectivity index (χ2n) is 4.08. The molecule has 1 rings (SSSR count). The van der Waals surface area contributed by atoms with Crippen molar-refractivity contribution < 1.29 is 14.3 Å². The minimum atomic E-state index is -0.442. The van der Waals surface area contributed by atoms with Crippen molar-refractivity contribution in [2.75, 3.05) is 30.9 Å². The second-order valence-corrected chi connectivity index (χ2v) is 4.08. The molecule has 0 saturated carbocycles. The van der Waals surface area contributed by atoms with E-state index in [1.54, 1.807) is 13.0 Å². The smallest absolute Gasteiger partial charge is 0.340 e. The fraction of sp³-hybridized carbons (Fsp3) is 0.538. The normalized spacial score (nSPS) is 11.9. The molecule has 0 spiro atoms. The fourth-order valence-electron chi connectivity index (χ4n) is 1.52. The van der Waals surface area contributed by atoms with E-state index in [4.69, 9.17) is 15.2 Å². The highest BCUT2D eigenvalue weighted by molar-refractivity contribution is 5.95. The van der Waals surface area contributed by atoms with E-state index in [-0.39, 0.29) is 6.04 Å². The summed E-state index contributed by atoms with van der Waals surface area (Å²) in [6, 6.07) is 1.68. The Morgan fingerprint density at radius 3 is 2.84 bits per heavy atom. The van der Waals surface area contributed by atoms with Gasteiger partial charge in [0.15, 0.2) is 0 Å². The molecule has 0 saturated heterocycles. The summed E-state index contributed by atoms with van der Waals surface area (Å²) in [6.07, 6.45) is 1.45. The summed E-state index contributed by atoms with van der Waals surface area (Å²) in [4.78, 5) is 15.8. The van der Waals surface area contributed by atoms with Crippen LogP contribution >= 0.6 is 0 Å². The Morgan fingerprint density at radius 1 is 1.47 bits per heavy atom. The standard InChI is InChI=1S/C13H21N3O3/c1-4-18-8-9(3)16-12-6-10(11(14)7-15-12)13(17)19-5-2/h6-7,9H,4-5,8,14H2,1-3H3,(H,15,16). The monoisotopic (exact) mass is 267 g/mol. The molecule has 0 aliphatic rings. The van der Waals surface area contributed by atoms with Gasteiger partial charge in [0.1, 0.15) is 5.82 Å². The van der Waals surface area contributed by atoms with E-state index in [1.807, 2.05) is 13.8 Å². The molecule has 1 heterocycles. The van der Waals surface area contributed by atoms with Gasteiger partial charge in [-0.05, 0) is 26.8 Å². The highest BCUT2D eigenvalue weighted by atomic mass is 16.5. The van der Waals surface area contributed by atoms with Gasteiger partial charge in [-0.3, -0.25) is 0 Å². The first-order chi connectivity index (χ1) is 9.08. The predicted octanol–water partition coefficient (Wildman–Crippen LogP) is 1.68. The number of nitrogens with two attached hydrogens (primary N) is 1. The Labute approximate surface area is 113 Å². The van der Waals surface area contributed by atoms with Crippen molar-refractivity contribution >= 4 is 17.5 Å². The summed E-state index contributed by atoms with van der Waals surface area (Å²) >= 11 is 0. The molecule has 3 N–H and O–H groups in total. The van der Waals surface area contributed by atoms with Gasteiger partial charge < -0.3 is 20.5 Å². The maximum Gasteiger partial charge on any atom is 0.340 e. The van der Waals surface area contributed by atoms with Gasteiger partial charge in [0.2, 0.25) is 0 Å². The third kappa shape index (κ3) is 4.75. The van der Waals surface area contributed by atoms with Crippen LogP contribution in [0.4, 0.5) is 11.5 Å². The summed E-state index contributed by atoms with van der Waals surface area (Å²) in [6.45, 7) is 7.19. The van der Waals surface area contributed by atoms with Crippen LogP contribution in [0.2, 0.25) is 0 Å². The van der Waals surface area contributed by atoms with Crippen molar-refractivity contribution in [1.82, 2.24) is 4.98 Å². The molecule has 0 radical (unpaired) electrons. The summed E-state index contributed by atoms with van der Waals surface area (Å²) in [7, 11) is 0. The number of rotatable bonds is 7. The van der Waals surface area contributed by atoms with E-state index in [9.17, 15) is 4.79 Å². The van der Waals surface area contributed by atoms with Crippen LogP contribution in [0.1, 0.15) is 31.1 Å². The first-order valence-corrected chi connectivity index (χ1v) is 6.35. The maximum absolute atomic E-state index is 11.7. The fourth-order valence-corrected chi connectivity index (χ4v) is 1.52. The molecule has 106 valence electrons. The molecule has 0 aromatic carbocycles. The second kappa shape index (κ2) is 7.58. The number of esters is 1. The molecule has 0 bridgehead atoms. The number of ether oxygens (including phenoxy) is 2. The number of nitrogens with zero attached hydrogens (tertiary/aromatic N) is 1. The van der Waals surface area contributed by atoms with Crippen LogP contribution in [0, 0.1) is 0 Å². The number of pyridine rings is 1. The molecule has 19 heavy (non-hydrogen) atoms. The molecule has 1 unspecified atom stereocenters. The maximum atomic E-state index is 11.7. The van der Waals surface area contributed by atoms with E-state index < -0.39 is 5.97 Å². The summed E-state index contributed by atoms with van der Waals surface area (Å²) in [5.74, 6) is 0.132. The zero-order chi connectivity index (χ0) is 14.3. The number of carbonyl (C=O) groups excluding carboxylic acids is 1. The lowest BCUT2D eigenvalue weighted by molar-refractivity contribution is 0.0527. The quantitative estimate of drug-likeness (QED) is 0.731. The van der Waals surface area contributed by atoms with Crippen molar-refractivity contribution in [3.8, 4) is 0 Å². The van der Waals surface area contributed by atoms with Gasteiger partial charge in [-0.25, -0.2) is 9.78 Å². The van der Waals surface area contributed by atoms with Gasteiger partial charge in [0.25, 0.3) is 0 Å². The molecule has 1 aromatic heterocycles. The van der Waals surface area contributed by atoms with Crippen LogP contribution in [0.3, 0.4) is 0 Å². The largest absolute Gasteiger partial charge is 0.462 e. The average Bonchev–Trinajstić information content (AvgIpc) is 2.39. The van der Waals surface area contributed by atoms with E-state index in [0.717, 1.165) is 0 Å². The molecular weight excluding hydrogens is 246 g/mol. The van der Waals surface area contributed by atoms with Crippen LogP contribution in [-0.2, 0) is 9.47 Å². The summed E-state index contributed by atoms with van der Waals surface area (Å²) < 4.78 is 10.2. The van der Waals surface area contributed by atoms with Crippen LogP contribution < -0.4 is 11.1 Å². The summed E-state index contributed by atoms with van der Waals surface area (Å²) in [5.41, 5.74) is 6.34. The highest BCUT2D eigenvalue weighted by Gasteiger charge is 2.13. The van der Waals surface area contributed by atoms with Crippen molar-refractivity contribution in [1.29, 1.82) is 0 Å². The van der Waals surface area contributed by atoms with Gasteiger partial charge in [-0.1, -0.05) is 0 Å². The number of hydrogen-bond acceptors (Lipinski definition) is 6. The Bertz CT molecular complexity index is 424. The van der Waals surface area contributed by atoms with Gasteiger partial charge >= 0.3 is 5.97 Å². The number of nitrogen functional groups attached to an aromatic ring is 1. The number of nitrogens with one attached hydrogen (secondary N) is 1. The van der Waals surface area contributed by atoms with Crippen LogP contribution in [0.25, 0.3) is 0 Å². The van der Waals surface area contributed by atoms with Crippen LogP contribution in [0.5, 0.6) is 0 Å². The molecule has 6 nitrogen and oxygen atoms in total. The number of hydrogen-bond donors (Lipinski definition) is 2. The Hall–Kier alpha value is -1.82. The molecule has 0 aliphatic heterocycles. The Balaban J connectivity index is 2.75. The minimum absolute atomic E-state index is 0.0890. The molecule has 0 aliphatic carbocycles. The third-order valence-electron chi connectivity index (χ3n) is 2.40. The van der Waals surface area contributed by atoms with Gasteiger partial charge in [-0.15, -0.1) is 0 Å². The van der Waals surface area contributed by atoms with Gasteiger partial charge in [0, 0.05) is 12.6 Å². The molecule has 0 amide bonds. The number of aromatic nitrogens is 1. The molecule has 1 atom stereocenters. The SMILES string of the molecule is CCOCC(C)Nc1cc(C(=O)OCC)c(N)cn1. The van der Waals surface area contributed by atoms with Crippen LogP contribution in [0.15, 0.2) is 12.3 Å². The van der Waals surface area contributed by atoms with Crippen molar-refractivity contribution in [2.24, 2.45) is 0 Å². The molecule has 6 heteroatoms. The van der Waals surface area contributed by atoms with Crippen LogP contribution in [-0.4, -0.2) is 36.8 Å². The average molecular weight is 267 g/mol. The number of anilines is 2. The minimum Gasteiger partial charge on any atom is -0.462 e. The summed E-state index contributed by atoms with van der Waals surface area (Å²) in [5, 5.41) is 3.14. The van der Waals surface area contributed by atoms with Crippen molar-refractivity contribution in [3.63, 3.8) is 0 Å². The molecular formula is C13H21N3O3. The van der Waals surface area contributed by atoms with Crippen molar-refractivity contribution in [2.45, 2.75) is 26.8 Å². The predicted molar refractivity (Wildman–Crippen MR) is 74.2 cm³/mol. The Kier molecular flexibility index (Phi) is 6.08. The first kappa shape index (κ1) is 15.2. The lowest BCUT2D eigenvalue weighted by Crippen LogP contribution is -2.22. The lowest BCUT2D eigenvalue weighted by atomic mass is 10.2. The van der Waals surface area contributed by atoms with E-state index >= 15 is 0 Å². The van der Waals surface area contributed by atoms with Gasteiger partial charge in [0.05, 0.1) is 30.7 Å².